The molecule has 33 heavy (non-hydrogen) atoms. The zero-order valence-corrected chi connectivity index (χ0v) is 17.6. The number of carbonyl (C=O) groups excluding carboxylic acids is 1. The Morgan fingerprint density at radius 3 is 2.55 bits per heavy atom. The molecule has 1 aromatic heterocycles. The summed E-state index contributed by atoms with van der Waals surface area (Å²) in [6.07, 6.45) is -3.06. The number of halogens is 3. The minimum Gasteiger partial charge on any atom is -0.388 e. The van der Waals surface area contributed by atoms with E-state index in [0.717, 1.165) is 12.1 Å². The SMILES string of the molecule is Cc1cc(-c2cccc(Cn3cnc4ccc(C(=O)CO)cc4c3=O)c2)cc(C(F)(F)F)c1. The molecule has 0 saturated heterocycles. The van der Waals surface area contributed by atoms with Crippen molar-refractivity contribution >= 4 is 16.7 Å². The highest BCUT2D eigenvalue weighted by Crippen LogP contribution is 2.33. The summed E-state index contributed by atoms with van der Waals surface area (Å²) in [6, 6.07) is 15.3. The lowest BCUT2D eigenvalue weighted by molar-refractivity contribution is -0.137. The second kappa shape index (κ2) is 8.63. The molecule has 0 spiro atoms. The molecular formula is C25H19F3N2O3. The third-order valence-electron chi connectivity index (χ3n) is 5.31. The largest absolute Gasteiger partial charge is 0.416 e. The average molecular weight is 452 g/mol. The maximum absolute atomic E-state index is 13.2. The number of aryl methyl sites for hydroxylation is 1. The Kier molecular flexibility index (Phi) is 5.86. The molecule has 0 atom stereocenters. The van der Waals surface area contributed by atoms with Crippen molar-refractivity contribution in [2.24, 2.45) is 0 Å². The van der Waals surface area contributed by atoms with Crippen molar-refractivity contribution in [1.29, 1.82) is 0 Å². The van der Waals surface area contributed by atoms with E-state index in [4.69, 9.17) is 5.11 Å². The molecule has 0 bridgehead atoms. The van der Waals surface area contributed by atoms with Gasteiger partial charge in [-0.1, -0.05) is 24.3 Å². The summed E-state index contributed by atoms with van der Waals surface area (Å²) in [7, 11) is 0. The predicted octanol–water partition coefficient (Wildman–Crippen LogP) is 4.61. The third-order valence-corrected chi connectivity index (χ3v) is 5.31. The molecule has 0 unspecified atom stereocenters. The van der Waals surface area contributed by atoms with E-state index in [1.165, 1.54) is 23.0 Å². The zero-order valence-electron chi connectivity index (χ0n) is 17.6. The average Bonchev–Trinajstić information content (AvgIpc) is 2.79. The van der Waals surface area contributed by atoms with Gasteiger partial charge in [-0.25, -0.2) is 4.98 Å². The molecule has 1 N–H and O–H groups in total. The van der Waals surface area contributed by atoms with Gasteiger partial charge in [0.15, 0.2) is 5.78 Å². The number of alkyl halides is 3. The molecule has 8 heteroatoms. The summed E-state index contributed by atoms with van der Waals surface area (Å²) in [6.45, 7) is 1.09. The number of hydrogen-bond donors (Lipinski definition) is 1. The highest BCUT2D eigenvalue weighted by atomic mass is 19.4. The standard InChI is InChI=1S/C25H19F3N2O3/c1-15-7-19(10-20(8-15)25(26,27)28)17-4-2-3-16(9-17)12-30-14-29-22-6-5-18(23(32)13-31)11-21(22)24(30)33/h2-11,14,31H,12-13H2,1H3. The van der Waals surface area contributed by atoms with Crippen LogP contribution in [-0.2, 0) is 12.7 Å². The van der Waals surface area contributed by atoms with Crippen LogP contribution in [0.2, 0.25) is 0 Å². The van der Waals surface area contributed by atoms with E-state index < -0.39 is 24.1 Å². The molecule has 0 amide bonds. The molecule has 5 nitrogen and oxygen atoms in total. The molecule has 0 saturated carbocycles. The van der Waals surface area contributed by atoms with Crippen molar-refractivity contribution in [1.82, 2.24) is 9.55 Å². The number of aliphatic hydroxyl groups excluding tert-OH is 1. The fraction of sp³-hybridized carbons (Fsp3) is 0.160. The third kappa shape index (κ3) is 4.70. The van der Waals surface area contributed by atoms with Gasteiger partial charge in [-0.2, -0.15) is 13.2 Å². The van der Waals surface area contributed by atoms with Crippen LogP contribution in [0.15, 0.2) is 71.8 Å². The smallest absolute Gasteiger partial charge is 0.388 e. The molecule has 4 rings (SSSR count). The van der Waals surface area contributed by atoms with Crippen molar-refractivity contribution in [2.45, 2.75) is 19.6 Å². The summed E-state index contributed by atoms with van der Waals surface area (Å²) >= 11 is 0. The fourth-order valence-electron chi connectivity index (χ4n) is 3.70. The van der Waals surface area contributed by atoms with Crippen molar-refractivity contribution in [2.75, 3.05) is 6.61 Å². The molecule has 0 aliphatic carbocycles. The van der Waals surface area contributed by atoms with Gasteiger partial charge in [0.1, 0.15) is 6.61 Å². The summed E-state index contributed by atoms with van der Waals surface area (Å²) < 4.78 is 41.0. The first-order valence-electron chi connectivity index (χ1n) is 10.1. The van der Waals surface area contributed by atoms with Crippen LogP contribution in [0.5, 0.6) is 0 Å². The number of aliphatic hydroxyl groups is 1. The van der Waals surface area contributed by atoms with Crippen LogP contribution in [0, 0.1) is 6.92 Å². The lowest BCUT2D eigenvalue weighted by Gasteiger charge is -2.12. The van der Waals surface area contributed by atoms with Gasteiger partial charge in [-0.15, -0.1) is 0 Å². The lowest BCUT2D eigenvalue weighted by atomic mass is 9.98. The molecule has 0 aliphatic rings. The van der Waals surface area contributed by atoms with E-state index in [2.05, 4.69) is 4.98 Å². The Morgan fingerprint density at radius 2 is 1.82 bits per heavy atom. The van der Waals surface area contributed by atoms with Gasteiger partial charge in [0.05, 0.1) is 29.3 Å². The van der Waals surface area contributed by atoms with E-state index in [9.17, 15) is 22.8 Å². The van der Waals surface area contributed by atoms with E-state index in [0.29, 0.717) is 27.8 Å². The number of rotatable bonds is 5. The van der Waals surface area contributed by atoms with Crippen molar-refractivity contribution in [3.8, 4) is 11.1 Å². The Labute approximate surface area is 186 Å². The Hall–Kier alpha value is -3.78. The molecule has 0 radical (unpaired) electrons. The summed E-state index contributed by atoms with van der Waals surface area (Å²) in [5.41, 5.74) is 1.77. The Bertz CT molecular complexity index is 1420. The number of carbonyl (C=O) groups is 1. The molecule has 168 valence electrons. The topological polar surface area (TPSA) is 72.2 Å². The second-order valence-corrected chi connectivity index (χ2v) is 7.78. The van der Waals surface area contributed by atoms with E-state index in [1.54, 1.807) is 43.3 Å². The number of hydrogen-bond acceptors (Lipinski definition) is 4. The number of fused-ring (bicyclic) bond motifs is 1. The van der Waals surface area contributed by atoms with E-state index in [-0.39, 0.29) is 23.1 Å². The molecule has 0 aliphatic heterocycles. The van der Waals surface area contributed by atoms with Crippen molar-refractivity contribution in [3.05, 3.63) is 99.6 Å². The lowest BCUT2D eigenvalue weighted by Crippen LogP contribution is -2.21. The summed E-state index contributed by atoms with van der Waals surface area (Å²) in [5, 5.41) is 9.30. The van der Waals surface area contributed by atoms with Gasteiger partial charge in [-0.05, 0) is 65.6 Å². The van der Waals surface area contributed by atoms with Crippen LogP contribution >= 0.6 is 0 Å². The highest BCUT2D eigenvalue weighted by molar-refractivity contribution is 5.99. The first-order chi connectivity index (χ1) is 15.7. The minimum absolute atomic E-state index is 0.145. The number of aromatic nitrogens is 2. The molecule has 1 heterocycles. The molecule has 3 aromatic carbocycles. The Morgan fingerprint density at radius 1 is 1.03 bits per heavy atom. The normalized spacial score (nSPS) is 11.7. The highest BCUT2D eigenvalue weighted by Gasteiger charge is 2.31. The van der Waals surface area contributed by atoms with Crippen LogP contribution in [0.25, 0.3) is 22.0 Å². The van der Waals surface area contributed by atoms with Gasteiger partial charge in [0, 0.05) is 5.56 Å². The zero-order chi connectivity index (χ0) is 23.8. The maximum atomic E-state index is 13.2. The Balaban J connectivity index is 1.71. The number of benzene rings is 3. The second-order valence-electron chi connectivity index (χ2n) is 7.78. The van der Waals surface area contributed by atoms with Gasteiger partial charge in [-0.3, -0.25) is 14.2 Å². The quantitative estimate of drug-likeness (QED) is 0.449. The first-order valence-corrected chi connectivity index (χ1v) is 10.1. The number of nitrogens with zero attached hydrogens (tertiary/aromatic N) is 2. The van der Waals surface area contributed by atoms with Gasteiger partial charge >= 0.3 is 6.18 Å². The molecule has 0 fully saturated rings. The van der Waals surface area contributed by atoms with E-state index >= 15 is 0 Å². The van der Waals surface area contributed by atoms with Crippen LogP contribution in [0.1, 0.15) is 27.0 Å². The van der Waals surface area contributed by atoms with Crippen LogP contribution in [0.3, 0.4) is 0 Å². The van der Waals surface area contributed by atoms with E-state index in [1.807, 2.05) is 0 Å². The van der Waals surface area contributed by atoms with Gasteiger partial charge < -0.3 is 5.11 Å². The maximum Gasteiger partial charge on any atom is 0.416 e. The van der Waals surface area contributed by atoms with Crippen molar-refractivity contribution in [3.63, 3.8) is 0 Å². The van der Waals surface area contributed by atoms with Crippen LogP contribution in [-0.4, -0.2) is 27.0 Å². The van der Waals surface area contributed by atoms with Gasteiger partial charge in [0.2, 0.25) is 0 Å². The number of Topliss-reactive ketones (excluding diaryl/α,β-unsaturated/α-hetero) is 1. The van der Waals surface area contributed by atoms with Gasteiger partial charge in [0.25, 0.3) is 5.56 Å². The van der Waals surface area contributed by atoms with Crippen LogP contribution < -0.4 is 5.56 Å². The first kappa shape index (κ1) is 22.4. The predicted molar refractivity (Wildman–Crippen MR) is 118 cm³/mol. The van der Waals surface area contributed by atoms with Crippen LogP contribution in [0.4, 0.5) is 13.2 Å². The molecule has 4 aromatic rings. The molecular weight excluding hydrogens is 433 g/mol. The monoisotopic (exact) mass is 452 g/mol. The fourth-order valence-corrected chi connectivity index (χ4v) is 3.70. The summed E-state index contributed by atoms with van der Waals surface area (Å²) in [5.74, 6) is -0.504. The van der Waals surface area contributed by atoms with Crippen molar-refractivity contribution < 1.29 is 23.1 Å². The summed E-state index contributed by atoms with van der Waals surface area (Å²) in [4.78, 5) is 29.0. The minimum atomic E-state index is -4.45. The number of ketones is 1.